The molecule has 0 aliphatic rings. The van der Waals surface area contributed by atoms with Gasteiger partial charge in [0, 0.05) is 11.2 Å². The van der Waals surface area contributed by atoms with Crippen LogP contribution in [0.2, 0.25) is 5.02 Å². The van der Waals surface area contributed by atoms with Crippen molar-refractivity contribution < 1.29 is 9.53 Å². The van der Waals surface area contributed by atoms with Crippen LogP contribution in [-0.4, -0.2) is 21.8 Å². The zero-order chi connectivity index (χ0) is 17.6. The Morgan fingerprint density at radius 3 is 2.80 bits per heavy atom. The third-order valence-corrected chi connectivity index (χ3v) is 3.80. The number of benzene rings is 2. The quantitative estimate of drug-likeness (QED) is 0.727. The van der Waals surface area contributed by atoms with Gasteiger partial charge in [0.05, 0.1) is 18.4 Å². The highest BCUT2D eigenvalue weighted by atomic mass is 35.5. The van der Waals surface area contributed by atoms with Crippen molar-refractivity contribution in [1.29, 1.82) is 0 Å². The Balaban J connectivity index is 1.57. The number of anilines is 1. The molecule has 1 aromatic heterocycles. The normalized spacial score (nSPS) is 11.8. The highest BCUT2D eigenvalue weighted by Gasteiger charge is 2.15. The van der Waals surface area contributed by atoms with E-state index < -0.39 is 6.10 Å². The maximum Gasteiger partial charge on any atom is 0.265 e. The molecule has 25 heavy (non-hydrogen) atoms. The van der Waals surface area contributed by atoms with Gasteiger partial charge in [-0.15, -0.1) is 0 Å². The van der Waals surface area contributed by atoms with E-state index in [-0.39, 0.29) is 5.91 Å². The van der Waals surface area contributed by atoms with E-state index in [1.165, 1.54) is 0 Å². The standard InChI is InChI=1S/C19H18ClN3O2/c1-14(25-18-9-5-8-16(20)10-18)19(24)22-17-11-21-23(13-17)12-15-6-3-2-4-7-15/h2-11,13-14H,12H2,1H3,(H,22,24). The molecule has 0 aliphatic heterocycles. The van der Waals surface area contributed by atoms with E-state index in [9.17, 15) is 4.79 Å². The molecule has 1 unspecified atom stereocenters. The second kappa shape index (κ2) is 7.85. The van der Waals surface area contributed by atoms with E-state index >= 15 is 0 Å². The number of nitrogens with one attached hydrogen (secondary N) is 1. The lowest BCUT2D eigenvalue weighted by atomic mass is 10.2. The predicted octanol–water partition coefficient (Wildman–Crippen LogP) is 3.99. The summed E-state index contributed by atoms with van der Waals surface area (Å²) in [5.74, 6) is 0.300. The monoisotopic (exact) mass is 355 g/mol. The van der Waals surface area contributed by atoms with Gasteiger partial charge in [0.25, 0.3) is 5.91 Å². The van der Waals surface area contributed by atoms with Crippen molar-refractivity contribution in [3.63, 3.8) is 0 Å². The molecule has 0 radical (unpaired) electrons. The Kier molecular flexibility index (Phi) is 5.36. The van der Waals surface area contributed by atoms with E-state index in [2.05, 4.69) is 10.4 Å². The van der Waals surface area contributed by atoms with Gasteiger partial charge in [-0.1, -0.05) is 48.0 Å². The molecule has 2 aromatic carbocycles. The second-order valence-electron chi connectivity index (χ2n) is 5.62. The number of carbonyl (C=O) groups is 1. The van der Waals surface area contributed by atoms with E-state index in [0.717, 1.165) is 5.56 Å². The molecule has 0 aliphatic carbocycles. The fourth-order valence-electron chi connectivity index (χ4n) is 2.33. The summed E-state index contributed by atoms with van der Waals surface area (Å²) in [6.45, 7) is 2.33. The van der Waals surface area contributed by atoms with Crippen LogP contribution in [0.4, 0.5) is 5.69 Å². The molecule has 3 aromatic rings. The van der Waals surface area contributed by atoms with Crippen molar-refractivity contribution in [3.05, 3.63) is 77.6 Å². The van der Waals surface area contributed by atoms with Crippen LogP contribution in [0.3, 0.4) is 0 Å². The van der Waals surface area contributed by atoms with Crippen molar-refractivity contribution in [3.8, 4) is 5.75 Å². The number of hydrogen-bond acceptors (Lipinski definition) is 3. The molecule has 1 atom stereocenters. The van der Waals surface area contributed by atoms with Crippen molar-refractivity contribution in [2.45, 2.75) is 19.6 Å². The first-order valence-corrected chi connectivity index (χ1v) is 8.27. The molecule has 0 fully saturated rings. The van der Waals surface area contributed by atoms with Crippen LogP contribution in [0.25, 0.3) is 0 Å². The fourth-order valence-corrected chi connectivity index (χ4v) is 2.51. The SMILES string of the molecule is CC(Oc1cccc(Cl)c1)C(=O)Nc1cnn(Cc2ccccc2)c1. The third kappa shape index (κ3) is 4.84. The molecule has 128 valence electrons. The Labute approximate surface area is 151 Å². The molecule has 1 amide bonds. The van der Waals surface area contributed by atoms with E-state index in [4.69, 9.17) is 16.3 Å². The van der Waals surface area contributed by atoms with E-state index in [1.54, 1.807) is 48.3 Å². The molecule has 3 rings (SSSR count). The maximum absolute atomic E-state index is 12.3. The van der Waals surface area contributed by atoms with Gasteiger partial charge in [-0.2, -0.15) is 5.10 Å². The maximum atomic E-state index is 12.3. The summed E-state index contributed by atoms with van der Waals surface area (Å²) >= 11 is 5.92. The highest BCUT2D eigenvalue weighted by molar-refractivity contribution is 6.30. The van der Waals surface area contributed by atoms with E-state index in [1.807, 2.05) is 30.3 Å². The molecule has 6 heteroatoms. The fraction of sp³-hybridized carbons (Fsp3) is 0.158. The van der Waals surface area contributed by atoms with Gasteiger partial charge in [-0.25, -0.2) is 0 Å². The number of ether oxygens (including phenoxy) is 1. The Morgan fingerprint density at radius 2 is 2.04 bits per heavy atom. The minimum atomic E-state index is -0.657. The summed E-state index contributed by atoms with van der Waals surface area (Å²) in [6, 6.07) is 16.9. The van der Waals surface area contributed by atoms with Crippen molar-refractivity contribution in [1.82, 2.24) is 9.78 Å². The number of carbonyl (C=O) groups excluding carboxylic acids is 1. The zero-order valence-corrected chi connectivity index (χ0v) is 14.5. The number of rotatable bonds is 6. The van der Waals surface area contributed by atoms with Crippen molar-refractivity contribution in [2.24, 2.45) is 0 Å². The van der Waals surface area contributed by atoms with Crippen LogP contribution in [-0.2, 0) is 11.3 Å². The second-order valence-corrected chi connectivity index (χ2v) is 6.06. The largest absolute Gasteiger partial charge is 0.481 e. The third-order valence-electron chi connectivity index (χ3n) is 3.57. The Hall–Kier alpha value is -2.79. The van der Waals surface area contributed by atoms with Crippen molar-refractivity contribution >= 4 is 23.2 Å². The van der Waals surface area contributed by atoms with Gasteiger partial charge in [-0.3, -0.25) is 9.48 Å². The summed E-state index contributed by atoms with van der Waals surface area (Å²) in [6.07, 6.45) is 2.75. The average molecular weight is 356 g/mol. The summed E-state index contributed by atoms with van der Waals surface area (Å²) < 4.78 is 7.38. The summed E-state index contributed by atoms with van der Waals surface area (Å²) in [5.41, 5.74) is 1.77. The zero-order valence-electron chi connectivity index (χ0n) is 13.7. The first kappa shape index (κ1) is 17.0. The lowest BCUT2D eigenvalue weighted by molar-refractivity contribution is -0.122. The van der Waals surface area contributed by atoms with Crippen LogP contribution in [0, 0.1) is 0 Å². The molecule has 1 heterocycles. The first-order chi connectivity index (χ1) is 12.1. The van der Waals surface area contributed by atoms with Crippen LogP contribution in [0.1, 0.15) is 12.5 Å². The van der Waals surface area contributed by atoms with Gasteiger partial charge in [-0.05, 0) is 30.7 Å². The lowest BCUT2D eigenvalue weighted by Crippen LogP contribution is -2.30. The topological polar surface area (TPSA) is 56.1 Å². The number of halogens is 1. The highest BCUT2D eigenvalue weighted by Crippen LogP contribution is 2.19. The summed E-state index contributed by atoms with van der Waals surface area (Å²) in [5, 5.41) is 7.63. The molecule has 1 N–H and O–H groups in total. The van der Waals surface area contributed by atoms with Gasteiger partial charge in [0.2, 0.25) is 0 Å². The summed E-state index contributed by atoms with van der Waals surface area (Å²) in [7, 11) is 0. The average Bonchev–Trinajstić information content (AvgIpc) is 3.02. The minimum absolute atomic E-state index is 0.251. The van der Waals surface area contributed by atoms with Gasteiger partial charge in [0.1, 0.15) is 5.75 Å². The summed E-state index contributed by atoms with van der Waals surface area (Å²) in [4.78, 5) is 12.3. The van der Waals surface area contributed by atoms with Crippen LogP contribution >= 0.6 is 11.6 Å². The predicted molar refractivity (Wildman–Crippen MR) is 97.9 cm³/mol. The number of nitrogens with zero attached hydrogens (tertiary/aromatic N) is 2. The van der Waals surface area contributed by atoms with Crippen LogP contribution < -0.4 is 10.1 Å². The number of amides is 1. The molecule has 0 bridgehead atoms. The van der Waals surface area contributed by atoms with Crippen LogP contribution in [0.5, 0.6) is 5.75 Å². The number of hydrogen-bond donors (Lipinski definition) is 1. The number of aromatic nitrogens is 2. The van der Waals surface area contributed by atoms with Crippen molar-refractivity contribution in [2.75, 3.05) is 5.32 Å². The van der Waals surface area contributed by atoms with Gasteiger partial charge < -0.3 is 10.1 Å². The smallest absolute Gasteiger partial charge is 0.265 e. The molecule has 0 spiro atoms. The van der Waals surface area contributed by atoms with Gasteiger partial charge in [0.15, 0.2) is 6.10 Å². The molecular formula is C19H18ClN3O2. The van der Waals surface area contributed by atoms with Crippen LogP contribution in [0.15, 0.2) is 67.0 Å². The molecule has 5 nitrogen and oxygen atoms in total. The first-order valence-electron chi connectivity index (χ1n) is 7.89. The van der Waals surface area contributed by atoms with Gasteiger partial charge >= 0.3 is 0 Å². The Morgan fingerprint density at radius 1 is 1.24 bits per heavy atom. The lowest BCUT2D eigenvalue weighted by Gasteiger charge is -2.14. The minimum Gasteiger partial charge on any atom is -0.481 e. The molecular weight excluding hydrogens is 338 g/mol. The molecule has 0 saturated carbocycles. The van der Waals surface area contributed by atoms with E-state index in [0.29, 0.717) is 23.0 Å². The molecule has 0 saturated heterocycles. The Bertz CT molecular complexity index is 849.